The van der Waals surface area contributed by atoms with Crippen molar-refractivity contribution in [3.63, 3.8) is 0 Å². The first-order valence-corrected chi connectivity index (χ1v) is 5.23. The summed E-state index contributed by atoms with van der Waals surface area (Å²) >= 11 is 0. The molecule has 0 saturated heterocycles. The monoisotopic (exact) mass is 192 g/mol. The maximum absolute atomic E-state index is 5.83. The Balaban J connectivity index is 2.02. The summed E-state index contributed by atoms with van der Waals surface area (Å²) in [6.45, 7) is 0. The largest absolute Gasteiger partial charge is 0.461 e. The Labute approximate surface area is 84.0 Å². The average molecular weight is 192 g/mol. The molecule has 76 valence electrons. The van der Waals surface area contributed by atoms with Gasteiger partial charge in [0.2, 0.25) is 0 Å². The lowest BCUT2D eigenvalue weighted by molar-refractivity contribution is 0.442. The van der Waals surface area contributed by atoms with Crippen molar-refractivity contribution >= 4 is 5.84 Å². The van der Waals surface area contributed by atoms with Gasteiger partial charge in [0, 0.05) is 0 Å². The quantitative estimate of drug-likeness (QED) is 0.577. The topological polar surface area (TPSA) is 51.5 Å². The third-order valence-corrected chi connectivity index (χ3v) is 2.67. The Hall–Kier alpha value is -1.25. The maximum atomic E-state index is 5.83. The zero-order chi connectivity index (χ0) is 9.80. The van der Waals surface area contributed by atoms with Gasteiger partial charge in [-0.3, -0.25) is 4.99 Å². The molecule has 2 rings (SSSR count). The molecule has 14 heavy (non-hydrogen) atoms. The molecule has 0 aromatic carbocycles. The first-order valence-electron chi connectivity index (χ1n) is 5.23. The summed E-state index contributed by atoms with van der Waals surface area (Å²) in [5.74, 6) is 1.23. The smallest absolute Gasteiger partial charge is 0.168 e. The SMILES string of the molecule is NC(=NC1CCCCC1)c1ccco1. The molecule has 3 heteroatoms. The van der Waals surface area contributed by atoms with Crippen LogP contribution in [0.1, 0.15) is 37.9 Å². The molecule has 0 unspecified atom stereocenters. The zero-order valence-corrected chi connectivity index (χ0v) is 8.28. The van der Waals surface area contributed by atoms with Crippen LogP contribution < -0.4 is 5.73 Å². The predicted molar refractivity (Wildman–Crippen MR) is 56.3 cm³/mol. The zero-order valence-electron chi connectivity index (χ0n) is 8.28. The lowest BCUT2D eigenvalue weighted by atomic mass is 9.96. The average Bonchev–Trinajstić information content (AvgIpc) is 2.72. The Kier molecular flexibility index (Phi) is 2.87. The van der Waals surface area contributed by atoms with E-state index in [0.717, 1.165) is 0 Å². The highest BCUT2D eigenvalue weighted by Crippen LogP contribution is 2.20. The number of aliphatic imine (C=N–C) groups is 1. The van der Waals surface area contributed by atoms with Crippen molar-refractivity contribution in [2.45, 2.75) is 38.1 Å². The number of amidine groups is 1. The van der Waals surface area contributed by atoms with E-state index in [4.69, 9.17) is 10.2 Å². The van der Waals surface area contributed by atoms with E-state index in [1.807, 2.05) is 12.1 Å². The normalized spacial score (nSPS) is 19.9. The van der Waals surface area contributed by atoms with Gasteiger partial charge in [-0.1, -0.05) is 19.3 Å². The van der Waals surface area contributed by atoms with Gasteiger partial charge in [0.15, 0.2) is 11.6 Å². The van der Waals surface area contributed by atoms with Crippen molar-refractivity contribution in [1.82, 2.24) is 0 Å². The minimum absolute atomic E-state index is 0.411. The van der Waals surface area contributed by atoms with E-state index >= 15 is 0 Å². The van der Waals surface area contributed by atoms with Gasteiger partial charge >= 0.3 is 0 Å². The van der Waals surface area contributed by atoms with E-state index in [1.165, 1.54) is 32.1 Å². The van der Waals surface area contributed by atoms with Crippen molar-refractivity contribution in [3.8, 4) is 0 Å². The van der Waals surface area contributed by atoms with Gasteiger partial charge < -0.3 is 10.2 Å². The van der Waals surface area contributed by atoms with Crippen LogP contribution in [0.15, 0.2) is 27.8 Å². The Morgan fingerprint density at radius 1 is 1.36 bits per heavy atom. The highest BCUT2D eigenvalue weighted by Gasteiger charge is 2.13. The molecule has 2 N–H and O–H groups in total. The highest BCUT2D eigenvalue weighted by atomic mass is 16.3. The molecule has 0 spiro atoms. The van der Waals surface area contributed by atoms with Gasteiger partial charge in [-0.15, -0.1) is 0 Å². The first-order chi connectivity index (χ1) is 6.86. The highest BCUT2D eigenvalue weighted by molar-refractivity contribution is 5.94. The Morgan fingerprint density at radius 2 is 2.14 bits per heavy atom. The summed E-state index contributed by atoms with van der Waals surface area (Å²) in [4.78, 5) is 4.48. The second kappa shape index (κ2) is 4.31. The van der Waals surface area contributed by atoms with Gasteiger partial charge in [0.1, 0.15) is 0 Å². The molecule has 0 bridgehead atoms. The third-order valence-electron chi connectivity index (χ3n) is 2.67. The van der Waals surface area contributed by atoms with E-state index < -0.39 is 0 Å². The fourth-order valence-electron chi connectivity index (χ4n) is 1.89. The minimum atomic E-state index is 0.411. The van der Waals surface area contributed by atoms with Crippen LogP contribution in [-0.2, 0) is 0 Å². The third kappa shape index (κ3) is 2.16. The number of nitrogens with two attached hydrogens (primary N) is 1. The fraction of sp³-hybridized carbons (Fsp3) is 0.545. The van der Waals surface area contributed by atoms with Crippen LogP contribution in [0, 0.1) is 0 Å². The number of hydrogen-bond donors (Lipinski definition) is 1. The summed E-state index contributed by atoms with van der Waals surface area (Å²) in [6.07, 6.45) is 7.85. The second-order valence-electron chi connectivity index (χ2n) is 3.78. The van der Waals surface area contributed by atoms with Gasteiger partial charge in [0.25, 0.3) is 0 Å². The van der Waals surface area contributed by atoms with Gasteiger partial charge in [-0.2, -0.15) is 0 Å². The molecule has 1 aromatic rings. The predicted octanol–water partition coefficient (Wildman–Crippen LogP) is 2.32. The van der Waals surface area contributed by atoms with Crippen LogP contribution in [0.5, 0.6) is 0 Å². The van der Waals surface area contributed by atoms with Crippen molar-refractivity contribution in [2.24, 2.45) is 10.7 Å². The molecular formula is C11H16N2O. The molecule has 1 aromatic heterocycles. The van der Waals surface area contributed by atoms with E-state index in [-0.39, 0.29) is 0 Å². The Bertz CT molecular complexity index is 297. The van der Waals surface area contributed by atoms with E-state index in [1.54, 1.807) is 6.26 Å². The fourth-order valence-corrected chi connectivity index (χ4v) is 1.89. The van der Waals surface area contributed by atoms with Crippen LogP contribution in [0.4, 0.5) is 0 Å². The van der Waals surface area contributed by atoms with Gasteiger partial charge in [-0.05, 0) is 25.0 Å². The summed E-state index contributed by atoms with van der Waals surface area (Å²) in [6, 6.07) is 4.09. The molecule has 1 saturated carbocycles. The van der Waals surface area contributed by atoms with Crippen LogP contribution in [0.2, 0.25) is 0 Å². The van der Waals surface area contributed by atoms with Crippen molar-refractivity contribution < 1.29 is 4.42 Å². The summed E-state index contributed by atoms with van der Waals surface area (Å²) in [5, 5.41) is 0. The molecule has 1 aliphatic rings. The van der Waals surface area contributed by atoms with Crippen molar-refractivity contribution in [3.05, 3.63) is 24.2 Å². The molecular weight excluding hydrogens is 176 g/mol. The lowest BCUT2D eigenvalue weighted by Crippen LogP contribution is -2.19. The molecule has 1 fully saturated rings. The van der Waals surface area contributed by atoms with Crippen LogP contribution in [-0.4, -0.2) is 11.9 Å². The molecule has 1 heterocycles. The number of hydrogen-bond acceptors (Lipinski definition) is 2. The molecule has 0 atom stereocenters. The molecule has 0 amide bonds. The number of nitrogens with zero attached hydrogens (tertiary/aromatic N) is 1. The number of furan rings is 1. The second-order valence-corrected chi connectivity index (χ2v) is 3.78. The molecule has 0 radical (unpaired) electrons. The molecule has 0 aliphatic heterocycles. The summed E-state index contributed by atoms with van der Waals surface area (Å²) in [7, 11) is 0. The van der Waals surface area contributed by atoms with Gasteiger partial charge in [-0.25, -0.2) is 0 Å². The van der Waals surface area contributed by atoms with Crippen molar-refractivity contribution in [1.29, 1.82) is 0 Å². The van der Waals surface area contributed by atoms with E-state index in [0.29, 0.717) is 17.6 Å². The van der Waals surface area contributed by atoms with Crippen molar-refractivity contribution in [2.75, 3.05) is 0 Å². The lowest BCUT2D eigenvalue weighted by Gasteiger charge is -2.17. The van der Waals surface area contributed by atoms with Crippen LogP contribution >= 0.6 is 0 Å². The first kappa shape index (κ1) is 9.31. The Morgan fingerprint density at radius 3 is 2.79 bits per heavy atom. The number of rotatable bonds is 2. The summed E-state index contributed by atoms with van der Waals surface area (Å²) < 4.78 is 5.18. The maximum Gasteiger partial charge on any atom is 0.168 e. The minimum Gasteiger partial charge on any atom is -0.461 e. The molecule has 1 aliphatic carbocycles. The molecule has 3 nitrogen and oxygen atoms in total. The van der Waals surface area contributed by atoms with Gasteiger partial charge in [0.05, 0.1) is 12.3 Å². The van der Waals surface area contributed by atoms with Crippen LogP contribution in [0.3, 0.4) is 0 Å². The van der Waals surface area contributed by atoms with E-state index in [2.05, 4.69) is 4.99 Å². The standard InChI is InChI=1S/C11H16N2O/c12-11(10-7-4-8-14-10)13-9-5-2-1-3-6-9/h4,7-9H,1-3,5-6H2,(H2,12,13). The summed E-state index contributed by atoms with van der Waals surface area (Å²) in [5.41, 5.74) is 5.83. The van der Waals surface area contributed by atoms with E-state index in [9.17, 15) is 0 Å². The van der Waals surface area contributed by atoms with Crippen LogP contribution in [0.25, 0.3) is 0 Å².